The lowest BCUT2D eigenvalue weighted by molar-refractivity contribution is 0.413. The van der Waals surface area contributed by atoms with Crippen molar-refractivity contribution in [3.8, 4) is 0 Å². The number of halogens is 1. The Kier molecular flexibility index (Phi) is 6.77. The Bertz CT molecular complexity index is 639. The van der Waals surface area contributed by atoms with Crippen molar-refractivity contribution in [3.05, 3.63) is 53.1 Å². The van der Waals surface area contributed by atoms with Crippen LogP contribution in [0.1, 0.15) is 75.0 Å². The van der Waals surface area contributed by atoms with Crippen LogP contribution in [0.25, 0.3) is 5.57 Å². The maximum absolute atomic E-state index is 15.2. The summed E-state index contributed by atoms with van der Waals surface area (Å²) in [5.74, 6) is 0.822. The molecular weight excluding hydrogens is 299 g/mol. The van der Waals surface area contributed by atoms with Gasteiger partial charge in [0, 0.05) is 11.8 Å². The molecule has 24 heavy (non-hydrogen) atoms. The lowest BCUT2D eigenvalue weighted by Gasteiger charge is -2.29. The predicted octanol–water partition coefficient (Wildman–Crippen LogP) is 5.73. The van der Waals surface area contributed by atoms with Crippen LogP contribution in [0, 0.1) is 5.82 Å². The first-order valence-corrected chi connectivity index (χ1v) is 9.04. The van der Waals surface area contributed by atoms with Gasteiger partial charge in [0.1, 0.15) is 11.6 Å². The molecule has 1 aliphatic rings. The van der Waals surface area contributed by atoms with Crippen molar-refractivity contribution < 1.29 is 4.39 Å². The Morgan fingerprint density at radius 3 is 2.71 bits per heavy atom. The maximum Gasteiger partial charge on any atom is 0.134 e. The van der Waals surface area contributed by atoms with Crippen LogP contribution in [0.4, 0.5) is 4.39 Å². The topological polar surface area (TPSA) is 38.4 Å². The number of rotatable bonds is 8. The molecule has 0 bridgehead atoms. The molecule has 0 radical (unpaired) electrons. The fourth-order valence-corrected chi connectivity index (χ4v) is 3.09. The van der Waals surface area contributed by atoms with Crippen LogP contribution in [0.5, 0.6) is 0 Å². The van der Waals surface area contributed by atoms with Crippen LogP contribution < -0.4 is 5.73 Å². The Morgan fingerprint density at radius 1 is 1.38 bits per heavy atom. The summed E-state index contributed by atoms with van der Waals surface area (Å²) in [5.41, 5.74) is 8.86. The number of hydrogen-bond acceptors (Lipinski definition) is 2. The number of aliphatic imine (C=N–C) groups is 1. The molecule has 130 valence electrons. The molecule has 2 rings (SSSR count). The summed E-state index contributed by atoms with van der Waals surface area (Å²) in [4.78, 5) is 4.10. The summed E-state index contributed by atoms with van der Waals surface area (Å²) in [6.07, 6.45) is 11.0. The van der Waals surface area contributed by atoms with Crippen molar-refractivity contribution >= 4 is 11.8 Å². The fourth-order valence-electron chi connectivity index (χ4n) is 3.09. The number of allylic oxidation sites excluding steroid dienone is 2. The van der Waals surface area contributed by atoms with Crippen molar-refractivity contribution in [2.75, 3.05) is 0 Å². The molecule has 3 heteroatoms. The Balaban J connectivity index is 2.30. The van der Waals surface area contributed by atoms with Gasteiger partial charge in [0.05, 0.1) is 0 Å². The molecule has 1 saturated carbocycles. The van der Waals surface area contributed by atoms with Gasteiger partial charge in [-0.1, -0.05) is 44.9 Å². The summed E-state index contributed by atoms with van der Waals surface area (Å²) in [7, 11) is 0. The molecule has 0 heterocycles. The molecule has 0 amide bonds. The lowest BCUT2D eigenvalue weighted by atomic mass is 9.76. The number of unbranched alkanes of at least 4 members (excludes halogenated alkanes) is 2. The van der Waals surface area contributed by atoms with Gasteiger partial charge in [-0.15, -0.1) is 0 Å². The summed E-state index contributed by atoms with van der Waals surface area (Å²) < 4.78 is 15.2. The molecule has 0 saturated heterocycles. The van der Waals surface area contributed by atoms with E-state index < -0.39 is 0 Å². The van der Waals surface area contributed by atoms with Crippen LogP contribution in [0.3, 0.4) is 0 Å². The van der Waals surface area contributed by atoms with Gasteiger partial charge in [-0.25, -0.2) is 9.38 Å². The van der Waals surface area contributed by atoms with E-state index in [-0.39, 0.29) is 5.82 Å². The quantitative estimate of drug-likeness (QED) is 0.480. The first kappa shape index (κ1) is 18.4. The van der Waals surface area contributed by atoms with Gasteiger partial charge in [-0.3, -0.25) is 0 Å². The zero-order chi connectivity index (χ0) is 17.5. The van der Waals surface area contributed by atoms with Crippen molar-refractivity contribution in [2.45, 2.75) is 64.7 Å². The average Bonchev–Trinajstić information content (AvgIpc) is 2.53. The standard InChI is InChI=1S/C21H29FN2/c1-4-6-7-11-19-18(16-9-8-10-16)13-12-17(21(19)22)15(3)14-24-20(23)5-2/h5,12-14,16H,3-4,6-11,23H2,1-2H3/b20-5-,24-14?. The molecule has 1 aromatic rings. The number of nitrogens with two attached hydrogens (primary N) is 1. The van der Waals surface area contributed by atoms with Crippen molar-refractivity contribution in [2.24, 2.45) is 10.7 Å². The average molecular weight is 328 g/mol. The molecule has 1 aliphatic carbocycles. The highest BCUT2D eigenvalue weighted by Gasteiger charge is 2.25. The van der Waals surface area contributed by atoms with E-state index >= 15 is 4.39 Å². The molecule has 0 unspecified atom stereocenters. The highest BCUT2D eigenvalue weighted by Crippen LogP contribution is 2.40. The lowest BCUT2D eigenvalue weighted by Crippen LogP contribution is -2.13. The Labute approximate surface area is 145 Å². The van der Waals surface area contributed by atoms with Crippen molar-refractivity contribution in [3.63, 3.8) is 0 Å². The van der Waals surface area contributed by atoms with Crippen LogP contribution in [0.15, 0.2) is 35.6 Å². The second-order valence-corrected chi connectivity index (χ2v) is 6.58. The van der Waals surface area contributed by atoms with Crippen molar-refractivity contribution in [1.29, 1.82) is 0 Å². The minimum absolute atomic E-state index is 0.119. The van der Waals surface area contributed by atoms with Crippen LogP contribution in [-0.2, 0) is 6.42 Å². The molecule has 0 aromatic heterocycles. The van der Waals surface area contributed by atoms with Crippen LogP contribution in [0.2, 0.25) is 0 Å². The van der Waals surface area contributed by atoms with Gasteiger partial charge >= 0.3 is 0 Å². The SMILES string of the molecule is C=C(C=N/C(N)=C\C)c1ccc(C2CCC2)c(CCCCC)c1F. The zero-order valence-corrected chi connectivity index (χ0v) is 14.9. The Morgan fingerprint density at radius 2 is 2.12 bits per heavy atom. The van der Waals surface area contributed by atoms with Crippen LogP contribution >= 0.6 is 0 Å². The largest absolute Gasteiger partial charge is 0.384 e. The number of nitrogens with zero attached hydrogens (tertiary/aromatic N) is 1. The molecule has 1 aromatic carbocycles. The van der Waals surface area contributed by atoms with Crippen molar-refractivity contribution in [1.82, 2.24) is 0 Å². The number of hydrogen-bond donors (Lipinski definition) is 1. The van der Waals surface area contributed by atoms with Gasteiger partial charge in [-0.05, 0) is 61.3 Å². The zero-order valence-electron chi connectivity index (χ0n) is 14.9. The molecular formula is C21H29FN2. The van der Waals surface area contributed by atoms with Gasteiger partial charge in [0.2, 0.25) is 0 Å². The molecule has 0 aliphatic heterocycles. The fraction of sp³-hybridized carbons (Fsp3) is 0.476. The number of benzene rings is 1. The Hall–Kier alpha value is -1.90. The van der Waals surface area contributed by atoms with Crippen LogP contribution in [-0.4, -0.2) is 6.21 Å². The third-order valence-corrected chi connectivity index (χ3v) is 4.87. The first-order valence-electron chi connectivity index (χ1n) is 9.04. The van der Waals surface area contributed by atoms with E-state index in [0.29, 0.717) is 22.9 Å². The molecule has 0 atom stereocenters. The molecule has 2 N–H and O–H groups in total. The predicted molar refractivity (Wildman–Crippen MR) is 102 cm³/mol. The minimum Gasteiger partial charge on any atom is -0.384 e. The van der Waals surface area contributed by atoms with Gasteiger partial charge in [0.15, 0.2) is 0 Å². The van der Waals surface area contributed by atoms with Gasteiger partial charge < -0.3 is 5.73 Å². The second kappa shape index (κ2) is 8.81. The van der Waals surface area contributed by atoms with E-state index in [4.69, 9.17) is 5.73 Å². The minimum atomic E-state index is -0.119. The van der Waals surface area contributed by atoms with Gasteiger partial charge in [-0.2, -0.15) is 0 Å². The second-order valence-electron chi connectivity index (χ2n) is 6.58. The third-order valence-electron chi connectivity index (χ3n) is 4.87. The van der Waals surface area contributed by atoms with E-state index in [0.717, 1.165) is 31.2 Å². The molecule has 1 fully saturated rings. The summed E-state index contributed by atoms with van der Waals surface area (Å²) in [6.45, 7) is 7.95. The van der Waals surface area contributed by atoms with E-state index in [1.165, 1.54) is 24.8 Å². The molecule has 2 nitrogen and oxygen atoms in total. The van der Waals surface area contributed by atoms with E-state index in [2.05, 4.69) is 24.6 Å². The first-order chi connectivity index (χ1) is 11.6. The van der Waals surface area contributed by atoms with Gasteiger partial charge in [0.25, 0.3) is 0 Å². The van der Waals surface area contributed by atoms with E-state index in [1.54, 1.807) is 12.3 Å². The highest BCUT2D eigenvalue weighted by atomic mass is 19.1. The monoisotopic (exact) mass is 328 g/mol. The summed E-state index contributed by atoms with van der Waals surface area (Å²) in [6, 6.07) is 3.95. The normalized spacial score (nSPS) is 15.7. The maximum atomic E-state index is 15.2. The summed E-state index contributed by atoms with van der Waals surface area (Å²) in [5, 5.41) is 0. The highest BCUT2D eigenvalue weighted by molar-refractivity contribution is 6.09. The third kappa shape index (κ3) is 4.34. The smallest absolute Gasteiger partial charge is 0.134 e. The summed E-state index contributed by atoms with van der Waals surface area (Å²) >= 11 is 0. The molecule has 0 spiro atoms. The van der Waals surface area contributed by atoms with E-state index in [9.17, 15) is 0 Å². The van der Waals surface area contributed by atoms with E-state index in [1.807, 2.05) is 13.0 Å².